The number of aromatic nitrogens is 12. The largest absolute Gasteiger partial charge is 0.456 e. The maximum Gasteiger partial charge on any atom is 0.210 e. The van der Waals surface area contributed by atoms with Gasteiger partial charge in [-0.2, -0.15) is 20.2 Å². The quantitative estimate of drug-likeness (QED) is 0.103. The number of fused-ring (bicyclic) bond motifs is 2. The molecule has 79 heavy (non-hydrogen) atoms. The summed E-state index contributed by atoms with van der Waals surface area (Å²) in [4.78, 5) is 50.1. The van der Waals surface area contributed by atoms with Crippen LogP contribution in [0.15, 0.2) is 61.2 Å². The molecule has 0 spiro atoms. The molecule has 2 saturated heterocycles. The van der Waals surface area contributed by atoms with E-state index < -0.39 is 11.2 Å². The van der Waals surface area contributed by atoms with Crippen LogP contribution in [0.3, 0.4) is 0 Å². The number of ether oxygens (including phenoxy) is 4. The zero-order valence-electron chi connectivity index (χ0n) is 45.6. The van der Waals surface area contributed by atoms with Crippen LogP contribution in [0.25, 0.3) is 22.3 Å². The third-order valence-electron chi connectivity index (χ3n) is 14.1. The number of imidazole rings is 2. The Morgan fingerprint density at radius 2 is 1.15 bits per heavy atom. The van der Waals surface area contributed by atoms with E-state index in [1.807, 2.05) is 67.8 Å². The minimum Gasteiger partial charge on any atom is -0.456 e. The zero-order valence-corrected chi connectivity index (χ0v) is 46.4. The van der Waals surface area contributed by atoms with Crippen LogP contribution < -0.4 is 20.5 Å². The zero-order chi connectivity index (χ0) is 55.9. The molecule has 416 valence electrons. The van der Waals surface area contributed by atoms with Gasteiger partial charge >= 0.3 is 0 Å². The van der Waals surface area contributed by atoms with Crippen molar-refractivity contribution in [1.82, 2.24) is 58.6 Å². The number of pyridine rings is 4. The van der Waals surface area contributed by atoms with Crippen molar-refractivity contribution in [3.8, 4) is 23.0 Å². The van der Waals surface area contributed by atoms with Gasteiger partial charge in [-0.25, -0.2) is 18.7 Å². The van der Waals surface area contributed by atoms with Crippen LogP contribution in [-0.2, 0) is 56.8 Å². The Kier molecular flexibility index (Phi) is 15.5. The molecule has 2 atom stereocenters. The lowest BCUT2D eigenvalue weighted by molar-refractivity contribution is -0.120. The van der Waals surface area contributed by atoms with Gasteiger partial charge in [0.25, 0.3) is 0 Å². The lowest BCUT2D eigenvalue weighted by Crippen LogP contribution is -2.23. The lowest BCUT2D eigenvalue weighted by atomic mass is 9.91. The maximum atomic E-state index is 15.7. The number of hydrogen-bond donors (Lipinski definition) is 2. The molecule has 4 aliphatic rings. The van der Waals surface area contributed by atoms with Crippen molar-refractivity contribution in [3.63, 3.8) is 0 Å². The molecular formula is C56H65ClF2N14O6. The highest BCUT2D eigenvalue weighted by atomic mass is 35.5. The van der Waals surface area contributed by atoms with Crippen LogP contribution in [0, 0.1) is 23.5 Å². The Labute approximate surface area is 460 Å². The maximum absolute atomic E-state index is 15.7. The number of nitrogens with two attached hydrogens (primary N) is 1. The fourth-order valence-electron chi connectivity index (χ4n) is 9.59. The van der Waals surface area contributed by atoms with Gasteiger partial charge in [0.2, 0.25) is 11.2 Å². The molecule has 10 heterocycles. The molecule has 23 heteroatoms. The minimum atomic E-state index is -0.447. The Morgan fingerprint density at radius 1 is 0.671 bits per heavy atom. The summed E-state index contributed by atoms with van der Waals surface area (Å²) in [6.45, 7) is 14.2. The van der Waals surface area contributed by atoms with Gasteiger partial charge in [0.15, 0.2) is 34.6 Å². The molecule has 20 nitrogen and oxygen atoms in total. The number of nitrogens with one attached hydrogen (secondary N) is 1. The molecule has 3 N–H and O–H groups in total. The number of Topliss-reactive ketones (excluding diaryl/α,β-unsaturated/α-hetero) is 2. The molecule has 2 aliphatic carbocycles. The summed E-state index contributed by atoms with van der Waals surface area (Å²) in [5.74, 6) is 2.91. The van der Waals surface area contributed by atoms with Gasteiger partial charge in [-0.3, -0.25) is 28.9 Å². The second-order valence-electron chi connectivity index (χ2n) is 22.6. The van der Waals surface area contributed by atoms with E-state index in [-0.39, 0.29) is 58.4 Å². The summed E-state index contributed by atoms with van der Waals surface area (Å²) in [5, 5.41) is 12.2. The molecule has 8 aromatic heterocycles. The number of ketones is 2. The highest BCUT2D eigenvalue weighted by Crippen LogP contribution is 2.37. The van der Waals surface area contributed by atoms with Crippen LogP contribution in [0.1, 0.15) is 115 Å². The van der Waals surface area contributed by atoms with E-state index in [0.29, 0.717) is 107 Å². The summed E-state index contributed by atoms with van der Waals surface area (Å²) < 4.78 is 59.3. The van der Waals surface area contributed by atoms with Gasteiger partial charge in [-0.15, -0.1) is 0 Å². The van der Waals surface area contributed by atoms with Crippen molar-refractivity contribution in [2.45, 2.75) is 116 Å². The molecule has 0 bridgehead atoms. The van der Waals surface area contributed by atoms with E-state index in [1.165, 1.54) is 0 Å². The number of nitrogens with zero attached hydrogens (tertiary/aromatic N) is 12. The number of halogens is 3. The number of carbonyl (C=O) groups is 2. The highest BCUT2D eigenvalue weighted by molar-refractivity contribution is 6.29. The second-order valence-corrected chi connectivity index (χ2v) is 22.9. The second kappa shape index (κ2) is 22.4. The molecule has 4 fully saturated rings. The highest BCUT2D eigenvalue weighted by Gasteiger charge is 2.35. The SMILES string of the molecule is CC(C)(C)c1c(F)c(N)nn1[C@H]1CCOC1.Cn1c(Cl)nc2ncc(Oc3ccnc(CC(=O)C4CC4)c3)cc21.Cn1c(Nc2nn([C@H]3CCOC3)c(C(C)(C)C)c2F)nc2ncc(Oc3ccnc(CC(=O)C4CC4)c3)cc21. The smallest absolute Gasteiger partial charge is 0.210 e. The molecule has 8 aromatic rings. The van der Waals surface area contributed by atoms with Gasteiger partial charge in [0, 0.05) is 99.5 Å². The number of anilines is 3. The van der Waals surface area contributed by atoms with Crippen molar-refractivity contribution < 1.29 is 37.3 Å². The predicted octanol–water partition coefficient (Wildman–Crippen LogP) is 10.2. The van der Waals surface area contributed by atoms with Gasteiger partial charge in [0.05, 0.1) is 71.5 Å². The van der Waals surface area contributed by atoms with E-state index in [9.17, 15) is 14.0 Å². The summed E-state index contributed by atoms with van der Waals surface area (Å²) in [6.07, 6.45) is 12.8. The standard InChI is InChI=1S/C28H32FN7O3.C17H15ClN4O2.C11H18FN3O/c1-28(2,3)24-23(29)26(34-36(24)18-8-10-38-15-18)33-27-32-25-21(35(27)4)13-20(14-31-25)39-19-7-9-30-17(11-19)12-22(37)16-5-6-16;1-22-14-8-13(9-20-16(14)21-17(22)18)24-12-4-5-19-11(6-12)7-15(23)10-2-3-10;1-11(2,3)9-8(12)10(13)14-15(9)7-4-5-16-6-7/h7,9,11,13-14,16,18H,5-6,8,10,12,15H2,1-4H3,(H,31,32,33,34);4-6,8-10H,2-3,7H2,1H3;7H,4-6H2,1-3H3,(H2,13,14)/t18-;;7-/m0.0/s1. The minimum absolute atomic E-state index is 0.00776. The van der Waals surface area contributed by atoms with E-state index in [0.717, 1.165) is 49.7 Å². The fourth-order valence-corrected chi connectivity index (χ4v) is 9.76. The Morgan fingerprint density at radius 3 is 1.63 bits per heavy atom. The molecule has 0 unspecified atom stereocenters. The van der Waals surface area contributed by atoms with E-state index >= 15 is 4.39 Å². The van der Waals surface area contributed by atoms with Crippen LogP contribution in [-0.4, -0.2) is 96.6 Å². The first kappa shape index (κ1) is 54.9. The van der Waals surface area contributed by atoms with Crippen molar-refractivity contribution >= 4 is 63.1 Å². The Bertz CT molecular complexity index is 3540. The third kappa shape index (κ3) is 12.6. The topological polar surface area (TPSA) is 232 Å². The average molecular weight is 1100 g/mol. The summed E-state index contributed by atoms with van der Waals surface area (Å²) >= 11 is 6.00. The van der Waals surface area contributed by atoms with Crippen LogP contribution in [0.5, 0.6) is 23.0 Å². The Balaban J connectivity index is 0.000000149. The molecule has 0 radical (unpaired) electrons. The normalized spacial score (nSPS) is 17.4. The first-order valence-corrected chi connectivity index (χ1v) is 26.9. The molecule has 0 aromatic carbocycles. The average Bonchev–Trinajstić information content (AvgIpc) is 4.24. The number of rotatable bonds is 14. The Hall–Kier alpha value is -7.43. The first-order valence-electron chi connectivity index (χ1n) is 26.5. The van der Waals surface area contributed by atoms with E-state index in [4.69, 9.17) is 36.3 Å². The van der Waals surface area contributed by atoms with Crippen molar-refractivity contribution in [3.05, 3.63) is 101 Å². The van der Waals surface area contributed by atoms with Gasteiger partial charge in [-0.1, -0.05) is 41.5 Å². The van der Waals surface area contributed by atoms with E-state index in [2.05, 4.69) is 45.4 Å². The predicted molar refractivity (Wildman–Crippen MR) is 292 cm³/mol. The van der Waals surface area contributed by atoms with Crippen LogP contribution >= 0.6 is 11.6 Å². The van der Waals surface area contributed by atoms with Crippen molar-refractivity contribution in [2.24, 2.45) is 25.9 Å². The van der Waals surface area contributed by atoms with E-state index in [1.54, 1.807) is 67.6 Å². The third-order valence-corrected chi connectivity index (χ3v) is 14.4. The fraction of sp³-hybridized carbons (Fsp3) is 0.464. The van der Waals surface area contributed by atoms with Gasteiger partial charge in [0.1, 0.15) is 34.6 Å². The van der Waals surface area contributed by atoms with Gasteiger partial charge < -0.3 is 39.1 Å². The monoisotopic (exact) mass is 1100 g/mol. The van der Waals surface area contributed by atoms with Crippen molar-refractivity contribution in [1.29, 1.82) is 0 Å². The number of carbonyl (C=O) groups excluding carboxylic acids is 2. The summed E-state index contributed by atoms with van der Waals surface area (Å²) in [6, 6.07) is 10.8. The van der Waals surface area contributed by atoms with Crippen molar-refractivity contribution in [2.75, 3.05) is 37.5 Å². The van der Waals surface area contributed by atoms with Crippen LogP contribution in [0.4, 0.5) is 26.4 Å². The molecule has 2 saturated carbocycles. The lowest BCUT2D eigenvalue weighted by Gasteiger charge is -2.22. The summed E-state index contributed by atoms with van der Waals surface area (Å²) in [7, 11) is 3.64. The molecule has 12 rings (SSSR count). The molecular weight excluding hydrogens is 1040 g/mol. The number of hydrogen-bond acceptors (Lipinski definition) is 16. The number of aryl methyl sites for hydroxylation is 2. The molecule has 0 amide bonds. The van der Waals surface area contributed by atoms with Gasteiger partial charge in [-0.05, 0) is 62.3 Å². The molecule has 2 aliphatic heterocycles. The first-order chi connectivity index (χ1) is 37.7. The summed E-state index contributed by atoms with van der Waals surface area (Å²) in [5.41, 5.74) is 9.86. The van der Waals surface area contributed by atoms with Crippen LogP contribution in [0.2, 0.25) is 5.28 Å². The number of nitrogen functional groups attached to an aromatic ring is 1.